The predicted octanol–water partition coefficient (Wildman–Crippen LogP) is 2.78. The van der Waals surface area contributed by atoms with Crippen LogP contribution in [0.4, 0.5) is 11.5 Å². The van der Waals surface area contributed by atoms with E-state index in [1.165, 1.54) is 0 Å². The Kier molecular flexibility index (Phi) is 4.28. The van der Waals surface area contributed by atoms with Gasteiger partial charge in [0.15, 0.2) is 0 Å². The summed E-state index contributed by atoms with van der Waals surface area (Å²) in [6.07, 6.45) is 3.43. The first kappa shape index (κ1) is 16.4. The van der Waals surface area contributed by atoms with Crippen LogP contribution in [0.3, 0.4) is 0 Å². The highest BCUT2D eigenvalue weighted by atomic mass is 32.2. The number of rotatable bonds is 5. The molecule has 1 aromatic carbocycles. The zero-order chi connectivity index (χ0) is 17.3. The van der Waals surface area contributed by atoms with Crippen LogP contribution in [-0.2, 0) is 10.8 Å². The van der Waals surface area contributed by atoms with Gasteiger partial charge in [0.25, 0.3) is 0 Å². The Bertz CT molecular complexity index is 889. The fraction of sp³-hybridized carbons (Fsp3) is 0.294. The molecule has 0 fully saturated rings. The van der Waals surface area contributed by atoms with E-state index in [1.807, 2.05) is 44.2 Å². The summed E-state index contributed by atoms with van der Waals surface area (Å²) >= 11 is 0. The van der Waals surface area contributed by atoms with Crippen LogP contribution < -0.4 is 11.1 Å². The van der Waals surface area contributed by atoms with E-state index >= 15 is 0 Å². The topological polar surface area (TPSA) is 96.7 Å². The number of aromatic nitrogens is 3. The minimum absolute atomic E-state index is 0.333. The second kappa shape index (κ2) is 6.24. The van der Waals surface area contributed by atoms with Gasteiger partial charge in [0.2, 0.25) is 0 Å². The largest absolute Gasteiger partial charge is 0.384 e. The zero-order valence-electron chi connectivity index (χ0n) is 14.0. The van der Waals surface area contributed by atoms with Gasteiger partial charge in [0.05, 0.1) is 16.0 Å². The second-order valence-corrected chi connectivity index (χ2v) is 8.38. The molecule has 24 heavy (non-hydrogen) atoms. The molecule has 0 bridgehead atoms. The summed E-state index contributed by atoms with van der Waals surface area (Å²) in [5.41, 5.74) is 9.59. The molecule has 3 rings (SSSR count). The average Bonchev–Trinajstić information content (AvgIpc) is 3.06. The third-order valence-corrected chi connectivity index (χ3v) is 5.82. The third-order valence-electron chi connectivity index (χ3n) is 4.12. The Morgan fingerprint density at radius 1 is 1.29 bits per heavy atom. The van der Waals surface area contributed by atoms with E-state index in [0.29, 0.717) is 12.4 Å². The SMILES string of the molecule is CS(=O)C(C)(C)CNc1cc(N)nc2cc(-c3ccn[nH]3)ccc12. The van der Waals surface area contributed by atoms with Gasteiger partial charge in [-0.15, -0.1) is 0 Å². The maximum Gasteiger partial charge on any atom is 0.126 e. The number of H-pyrrole nitrogens is 1. The van der Waals surface area contributed by atoms with Gasteiger partial charge in [0, 0.05) is 52.5 Å². The number of anilines is 2. The van der Waals surface area contributed by atoms with Crippen LogP contribution in [0.2, 0.25) is 0 Å². The van der Waals surface area contributed by atoms with Crippen molar-refractivity contribution in [1.29, 1.82) is 0 Å². The van der Waals surface area contributed by atoms with Crippen LogP contribution in [0.25, 0.3) is 22.2 Å². The first-order valence-electron chi connectivity index (χ1n) is 7.64. The van der Waals surface area contributed by atoms with Crippen LogP contribution in [0.1, 0.15) is 13.8 Å². The van der Waals surface area contributed by atoms with Crippen molar-refractivity contribution in [2.24, 2.45) is 0 Å². The van der Waals surface area contributed by atoms with Crippen LogP contribution >= 0.6 is 0 Å². The lowest BCUT2D eigenvalue weighted by Crippen LogP contribution is -2.34. The summed E-state index contributed by atoms with van der Waals surface area (Å²) < 4.78 is 11.5. The molecule has 3 aromatic rings. The number of benzene rings is 1. The van der Waals surface area contributed by atoms with E-state index in [0.717, 1.165) is 27.8 Å². The van der Waals surface area contributed by atoms with Crippen LogP contribution in [-0.4, -0.2) is 36.9 Å². The van der Waals surface area contributed by atoms with Crippen LogP contribution in [0.15, 0.2) is 36.5 Å². The molecule has 6 nitrogen and oxygen atoms in total. The molecule has 1 atom stereocenters. The summed E-state index contributed by atoms with van der Waals surface area (Å²) in [5, 5.41) is 11.3. The predicted molar refractivity (Wildman–Crippen MR) is 100 cm³/mol. The van der Waals surface area contributed by atoms with E-state index in [2.05, 4.69) is 20.5 Å². The van der Waals surface area contributed by atoms with Gasteiger partial charge >= 0.3 is 0 Å². The van der Waals surface area contributed by atoms with Crippen molar-refractivity contribution in [3.63, 3.8) is 0 Å². The lowest BCUT2D eigenvalue weighted by atomic mass is 10.1. The highest BCUT2D eigenvalue weighted by Gasteiger charge is 2.22. The van der Waals surface area contributed by atoms with Gasteiger partial charge in [0.1, 0.15) is 5.82 Å². The molecule has 2 aromatic heterocycles. The molecule has 0 saturated heterocycles. The van der Waals surface area contributed by atoms with Crippen LogP contribution in [0, 0.1) is 0 Å². The van der Waals surface area contributed by atoms with E-state index in [4.69, 9.17) is 5.73 Å². The fourth-order valence-corrected chi connectivity index (χ4v) is 2.66. The first-order chi connectivity index (χ1) is 11.4. The van der Waals surface area contributed by atoms with Gasteiger partial charge in [-0.3, -0.25) is 9.31 Å². The normalized spacial score (nSPS) is 13.1. The molecule has 126 valence electrons. The number of hydrogen-bond acceptors (Lipinski definition) is 5. The van der Waals surface area contributed by atoms with Crippen molar-refractivity contribution in [3.8, 4) is 11.3 Å². The third kappa shape index (κ3) is 3.26. The second-order valence-electron chi connectivity index (χ2n) is 6.36. The Morgan fingerprint density at radius 2 is 2.08 bits per heavy atom. The van der Waals surface area contributed by atoms with Gasteiger partial charge in [-0.25, -0.2) is 4.98 Å². The smallest absolute Gasteiger partial charge is 0.126 e. The van der Waals surface area contributed by atoms with E-state index in [9.17, 15) is 4.21 Å². The summed E-state index contributed by atoms with van der Waals surface area (Å²) in [5.74, 6) is 0.446. The fourth-order valence-electron chi connectivity index (χ4n) is 2.39. The highest BCUT2D eigenvalue weighted by molar-refractivity contribution is 7.85. The zero-order valence-corrected chi connectivity index (χ0v) is 14.8. The molecule has 0 saturated carbocycles. The first-order valence-corrected chi connectivity index (χ1v) is 9.20. The lowest BCUT2D eigenvalue weighted by molar-refractivity contribution is 0.643. The van der Waals surface area contributed by atoms with Crippen molar-refractivity contribution >= 4 is 33.2 Å². The highest BCUT2D eigenvalue weighted by Crippen LogP contribution is 2.29. The number of nitrogens with zero attached hydrogens (tertiary/aromatic N) is 2. The molecule has 0 radical (unpaired) electrons. The summed E-state index contributed by atoms with van der Waals surface area (Å²) in [6.45, 7) is 4.52. The minimum Gasteiger partial charge on any atom is -0.384 e. The Labute approximate surface area is 143 Å². The van der Waals surface area contributed by atoms with E-state index < -0.39 is 10.8 Å². The quantitative estimate of drug-likeness (QED) is 0.662. The molecule has 0 aliphatic heterocycles. The van der Waals surface area contributed by atoms with Gasteiger partial charge in [-0.1, -0.05) is 12.1 Å². The standard InChI is InChI=1S/C17H21N5OS/c1-17(2,24(3)23)10-19-14-9-16(18)21-15-8-11(4-5-12(14)15)13-6-7-20-22-13/h4-9H,10H2,1-3H3,(H,20,22)(H3,18,19,21). The molecule has 0 aliphatic carbocycles. The molecule has 0 spiro atoms. The summed E-state index contributed by atoms with van der Waals surface area (Å²) in [4.78, 5) is 4.43. The molecule has 2 heterocycles. The summed E-state index contributed by atoms with van der Waals surface area (Å²) in [7, 11) is -0.933. The molecule has 1 unspecified atom stereocenters. The molecular weight excluding hydrogens is 322 g/mol. The molecule has 4 N–H and O–H groups in total. The average molecular weight is 343 g/mol. The van der Waals surface area contributed by atoms with Crippen molar-refractivity contribution in [1.82, 2.24) is 15.2 Å². The number of nitrogens with two attached hydrogens (primary N) is 1. The number of nitrogens with one attached hydrogen (secondary N) is 2. The van der Waals surface area contributed by atoms with Crippen molar-refractivity contribution < 1.29 is 4.21 Å². The maximum atomic E-state index is 11.8. The van der Waals surface area contributed by atoms with Gasteiger partial charge in [-0.2, -0.15) is 5.10 Å². The van der Waals surface area contributed by atoms with E-state index in [1.54, 1.807) is 12.5 Å². The number of aromatic amines is 1. The van der Waals surface area contributed by atoms with Crippen molar-refractivity contribution in [3.05, 3.63) is 36.5 Å². The molecule has 7 heteroatoms. The monoisotopic (exact) mass is 343 g/mol. The number of nitrogen functional groups attached to an aromatic ring is 1. The lowest BCUT2D eigenvalue weighted by Gasteiger charge is -2.23. The summed E-state index contributed by atoms with van der Waals surface area (Å²) in [6, 6.07) is 9.73. The maximum absolute atomic E-state index is 11.8. The number of pyridine rings is 1. The van der Waals surface area contributed by atoms with Gasteiger partial charge in [-0.05, 0) is 26.0 Å². The Morgan fingerprint density at radius 3 is 2.75 bits per heavy atom. The van der Waals surface area contributed by atoms with Crippen molar-refractivity contribution in [2.75, 3.05) is 23.9 Å². The van der Waals surface area contributed by atoms with Gasteiger partial charge < -0.3 is 11.1 Å². The molecule has 0 amide bonds. The van der Waals surface area contributed by atoms with E-state index in [-0.39, 0.29) is 4.75 Å². The van der Waals surface area contributed by atoms with Crippen molar-refractivity contribution in [2.45, 2.75) is 18.6 Å². The Hall–Kier alpha value is -2.41. The van der Waals surface area contributed by atoms with Crippen LogP contribution in [0.5, 0.6) is 0 Å². The number of hydrogen-bond donors (Lipinski definition) is 3. The Balaban J connectivity index is 1.98. The molecular formula is C17H21N5OS. The molecule has 0 aliphatic rings. The number of fused-ring (bicyclic) bond motifs is 1. The minimum atomic E-state index is -0.933.